The predicted molar refractivity (Wildman–Crippen MR) is 94.3 cm³/mol. The lowest BCUT2D eigenvalue weighted by Gasteiger charge is -2.10. The first kappa shape index (κ1) is 18.2. The van der Waals surface area contributed by atoms with Crippen molar-refractivity contribution >= 4 is 17.6 Å². The van der Waals surface area contributed by atoms with E-state index in [1.165, 1.54) is 37.3 Å². The van der Waals surface area contributed by atoms with E-state index in [9.17, 15) is 14.0 Å². The standard InChI is InChI=1S/C19H16FN3O4/c1-11(17-22-23-18(27-17)13-6-8-15(20)9-7-13)26-19(25)14-4-3-5-16(10-14)21-12(2)24/h3-11H,1-2H3,(H,21,24)/t11-/m1/s1. The number of nitrogens with one attached hydrogen (secondary N) is 1. The van der Waals surface area contributed by atoms with Gasteiger partial charge in [0.2, 0.25) is 11.8 Å². The van der Waals surface area contributed by atoms with Crippen LogP contribution in [0.2, 0.25) is 0 Å². The number of nitrogens with zero attached hydrogens (tertiary/aromatic N) is 2. The SMILES string of the molecule is CC(=O)Nc1cccc(C(=O)O[C@H](C)c2nnc(-c3ccc(F)cc3)o2)c1. The third-order valence-corrected chi connectivity index (χ3v) is 3.58. The second-order valence-corrected chi connectivity index (χ2v) is 5.76. The molecule has 0 spiro atoms. The number of carbonyl (C=O) groups is 2. The molecular weight excluding hydrogens is 353 g/mol. The van der Waals surface area contributed by atoms with Crippen LogP contribution in [0.4, 0.5) is 10.1 Å². The Hall–Kier alpha value is -3.55. The van der Waals surface area contributed by atoms with Crippen molar-refractivity contribution in [3.63, 3.8) is 0 Å². The average Bonchev–Trinajstić information content (AvgIpc) is 3.12. The number of benzene rings is 2. The van der Waals surface area contributed by atoms with E-state index in [0.29, 0.717) is 11.3 Å². The van der Waals surface area contributed by atoms with E-state index in [-0.39, 0.29) is 29.1 Å². The van der Waals surface area contributed by atoms with Crippen molar-refractivity contribution in [1.29, 1.82) is 0 Å². The van der Waals surface area contributed by atoms with Crippen molar-refractivity contribution in [3.8, 4) is 11.5 Å². The molecule has 1 heterocycles. The molecule has 0 radical (unpaired) electrons. The third kappa shape index (κ3) is 4.55. The number of hydrogen-bond donors (Lipinski definition) is 1. The van der Waals surface area contributed by atoms with E-state index in [2.05, 4.69) is 15.5 Å². The van der Waals surface area contributed by atoms with Gasteiger partial charge in [0, 0.05) is 18.2 Å². The largest absolute Gasteiger partial charge is 0.449 e. The quantitative estimate of drug-likeness (QED) is 0.688. The van der Waals surface area contributed by atoms with Crippen molar-refractivity contribution in [2.45, 2.75) is 20.0 Å². The van der Waals surface area contributed by atoms with Crippen molar-refractivity contribution in [2.75, 3.05) is 5.32 Å². The summed E-state index contributed by atoms with van der Waals surface area (Å²) in [4.78, 5) is 23.4. The van der Waals surface area contributed by atoms with E-state index in [1.807, 2.05) is 0 Å². The monoisotopic (exact) mass is 369 g/mol. The van der Waals surface area contributed by atoms with Crippen LogP contribution in [0, 0.1) is 5.82 Å². The Bertz CT molecular complexity index is 969. The summed E-state index contributed by atoms with van der Waals surface area (Å²) in [5.74, 6) is -0.909. The maximum atomic E-state index is 13.0. The second-order valence-electron chi connectivity index (χ2n) is 5.76. The number of amides is 1. The summed E-state index contributed by atoms with van der Waals surface area (Å²) in [7, 11) is 0. The lowest BCUT2D eigenvalue weighted by Crippen LogP contribution is -2.11. The van der Waals surface area contributed by atoms with Crippen LogP contribution in [0.25, 0.3) is 11.5 Å². The topological polar surface area (TPSA) is 94.3 Å². The third-order valence-electron chi connectivity index (χ3n) is 3.58. The minimum Gasteiger partial charge on any atom is -0.449 e. The number of halogens is 1. The summed E-state index contributed by atoms with van der Waals surface area (Å²) in [6, 6.07) is 12.0. The van der Waals surface area contributed by atoms with Gasteiger partial charge in [-0.15, -0.1) is 10.2 Å². The molecule has 0 aliphatic heterocycles. The number of esters is 1. The van der Waals surface area contributed by atoms with Crippen molar-refractivity contribution in [1.82, 2.24) is 10.2 Å². The molecule has 1 N–H and O–H groups in total. The summed E-state index contributed by atoms with van der Waals surface area (Å²) in [5.41, 5.74) is 1.31. The fourth-order valence-electron chi connectivity index (χ4n) is 2.31. The van der Waals surface area contributed by atoms with Crippen LogP contribution in [0.3, 0.4) is 0 Å². The highest BCUT2D eigenvalue weighted by atomic mass is 19.1. The van der Waals surface area contributed by atoms with Gasteiger partial charge in [-0.25, -0.2) is 9.18 Å². The predicted octanol–water partition coefficient (Wildman–Crippen LogP) is 3.75. The Morgan fingerprint density at radius 2 is 1.89 bits per heavy atom. The van der Waals surface area contributed by atoms with Crippen LogP contribution in [0.15, 0.2) is 52.9 Å². The maximum absolute atomic E-state index is 13.0. The molecule has 0 saturated carbocycles. The Morgan fingerprint density at radius 3 is 2.59 bits per heavy atom. The zero-order valence-corrected chi connectivity index (χ0v) is 14.6. The second kappa shape index (κ2) is 7.77. The fraction of sp³-hybridized carbons (Fsp3) is 0.158. The summed E-state index contributed by atoms with van der Waals surface area (Å²) in [6.07, 6.45) is -0.788. The Balaban J connectivity index is 1.70. The first-order valence-corrected chi connectivity index (χ1v) is 8.10. The van der Waals surface area contributed by atoms with Crippen molar-refractivity contribution < 1.29 is 23.1 Å². The number of carbonyl (C=O) groups excluding carboxylic acids is 2. The fourth-order valence-corrected chi connectivity index (χ4v) is 2.31. The molecule has 2 aromatic carbocycles. The molecule has 27 heavy (non-hydrogen) atoms. The average molecular weight is 369 g/mol. The number of anilines is 1. The van der Waals surface area contributed by atoms with Gasteiger partial charge in [0.1, 0.15) is 5.82 Å². The molecule has 138 valence electrons. The molecule has 1 amide bonds. The van der Waals surface area contributed by atoms with E-state index in [4.69, 9.17) is 9.15 Å². The van der Waals surface area contributed by atoms with Gasteiger partial charge in [-0.3, -0.25) is 4.79 Å². The first-order chi connectivity index (χ1) is 12.9. The van der Waals surface area contributed by atoms with E-state index in [0.717, 1.165) is 0 Å². The summed E-state index contributed by atoms with van der Waals surface area (Å²) >= 11 is 0. The van der Waals surface area contributed by atoms with Gasteiger partial charge in [-0.1, -0.05) is 6.07 Å². The van der Waals surface area contributed by atoms with Gasteiger partial charge in [-0.05, 0) is 49.4 Å². The van der Waals surface area contributed by atoms with E-state index in [1.54, 1.807) is 25.1 Å². The highest BCUT2D eigenvalue weighted by molar-refractivity contribution is 5.93. The number of rotatable bonds is 5. The zero-order chi connectivity index (χ0) is 19.4. The van der Waals surface area contributed by atoms with Crippen LogP contribution in [-0.2, 0) is 9.53 Å². The van der Waals surface area contributed by atoms with E-state index < -0.39 is 12.1 Å². The van der Waals surface area contributed by atoms with Gasteiger partial charge in [0.15, 0.2) is 6.10 Å². The van der Waals surface area contributed by atoms with Gasteiger partial charge in [0.25, 0.3) is 5.89 Å². The van der Waals surface area contributed by atoms with Crippen LogP contribution >= 0.6 is 0 Å². The molecule has 3 rings (SSSR count). The smallest absolute Gasteiger partial charge is 0.338 e. The van der Waals surface area contributed by atoms with Crippen LogP contribution in [-0.4, -0.2) is 22.1 Å². The zero-order valence-electron chi connectivity index (χ0n) is 14.6. The summed E-state index contributed by atoms with van der Waals surface area (Å²) in [6.45, 7) is 2.97. The molecule has 0 saturated heterocycles. The molecule has 0 bridgehead atoms. The highest BCUT2D eigenvalue weighted by Gasteiger charge is 2.20. The lowest BCUT2D eigenvalue weighted by atomic mass is 10.2. The molecule has 7 nitrogen and oxygen atoms in total. The molecule has 0 fully saturated rings. The molecule has 0 unspecified atom stereocenters. The maximum Gasteiger partial charge on any atom is 0.338 e. The molecule has 3 aromatic rings. The normalized spacial score (nSPS) is 11.7. The van der Waals surface area contributed by atoms with Gasteiger partial charge in [-0.2, -0.15) is 0 Å². The number of ether oxygens (including phenoxy) is 1. The Morgan fingerprint density at radius 1 is 1.15 bits per heavy atom. The molecule has 0 aliphatic carbocycles. The van der Waals surface area contributed by atoms with E-state index >= 15 is 0 Å². The summed E-state index contributed by atoms with van der Waals surface area (Å²) in [5, 5.41) is 10.4. The summed E-state index contributed by atoms with van der Waals surface area (Å²) < 4.78 is 23.8. The Kier molecular flexibility index (Phi) is 5.25. The highest BCUT2D eigenvalue weighted by Crippen LogP contribution is 2.23. The van der Waals surface area contributed by atoms with Gasteiger partial charge < -0.3 is 14.5 Å². The molecule has 1 atom stereocenters. The van der Waals surface area contributed by atoms with Crippen LogP contribution in [0.1, 0.15) is 36.2 Å². The molecular formula is C19H16FN3O4. The minimum absolute atomic E-state index is 0.112. The van der Waals surface area contributed by atoms with Crippen LogP contribution < -0.4 is 5.32 Å². The number of hydrogen-bond acceptors (Lipinski definition) is 6. The van der Waals surface area contributed by atoms with Crippen LogP contribution in [0.5, 0.6) is 0 Å². The van der Waals surface area contributed by atoms with Gasteiger partial charge >= 0.3 is 5.97 Å². The lowest BCUT2D eigenvalue weighted by molar-refractivity contribution is -0.114. The van der Waals surface area contributed by atoms with Crippen molar-refractivity contribution in [2.24, 2.45) is 0 Å². The van der Waals surface area contributed by atoms with Gasteiger partial charge in [0.05, 0.1) is 5.56 Å². The minimum atomic E-state index is -0.788. The van der Waals surface area contributed by atoms with Crippen molar-refractivity contribution in [3.05, 3.63) is 65.8 Å². The molecule has 1 aromatic heterocycles. The molecule has 8 heteroatoms. The first-order valence-electron chi connectivity index (χ1n) is 8.10. The molecule has 0 aliphatic rings. The number of aromatic nitrogens is 2. The Labute approximate surface area is 154 Å².